The van der Waals surface area contributed by atoms with Crippen molar-refractivity contribution in [1.82, 2.24) is 0 Å². The minimum atomic E-state index is -0.474. The van der Waals surface area contributed by atoms with Crippen LogP contribution in [0.15, 0.2) is 36.4 Å². The Bertz CT molecular complexity index is 662. The van der Waals surface area contributed by atoms with Gasteiger partial charge in [0, 0.05) is 10.6 Å². The molecular weight excluding hydrogens is 302 g/mol. The molecule has 2 aromatic carbocycles. The van der Waals surface area contributed by atoms with Crippen molar-refractivity contribution in [2.75, 3.05) is 0 Å². The van der Waals surface area contributed by atoms with Crippen molar-refractivity contribution in [3.63, 3.8) is 0 Å². The fourth-order valence-corrected chi connectivity index (χ4v) is 2.11. The second-order valence-electron chi connectivity index (χ2n) is 4.13. The van der Waals surface area contributed by atoms with Gasteiger partial charge in [-0.1, -0.05) is 23.2 Å². The molecule has 6 heteroatoms. The Morgan fingerprint density at radius 3 is 2.60 bits per heavy atom. The predicted octanol–water partition coefficient (Wildman–Crippen LogP) is 4.00. The molecule has 0 spiro atoms. The van der Waals surface area contributed by atoms with Crippen LogP contribution in [0.3, 0.4) is 0 Å². The molecule has 0 aromatic heterocycles. The highest BCUT2D eigenvalue weighted by Crippen LogP contribution is 2.28. The molecule has 3 nitrogen and oxygen atoms in total. The standard InChI is InChI=1S/C14H11Cl2FN2O/c15-10-1-2-13(12(16)6-10)20-7-8-3-9(14(18)19)5-11(17)4-8/h1-6H,7H2,(H3,18,19). The molecule has 0 amide bonds. The van der Waals surface area contributed by atoms with Gasteiger partial charge in [0.05, 0.1) is 5.02 Å². The number of benzene rings is 2. The van der Waals surface area contributed by atoms with Crippen LogP contribution in [0.1, 0.15) is 11.1 Å². The lowest BCUT2D eigenvalue weighted by Crippen LogP contribution is -2.12. The minimum Gasteiger partial charge on any atom is -0.487 e. The number of nitrogens with one attached hydrogen (secondary N) is 1. The first-order valence-electron chi connectivity index (χ1n) is 5.67. The molecule has 2 aromatic rings. The van der Waals surface area contributed by atoms with Crippen LogP contribution >= 0.6 is 23.2 Å². The summed E-state index contributed by atoms with van der Waals surface area (Å²) in [5.74, 6) is -0.224. The van der Waals surface area contributed by atoms with Crippen molar-refractivity contribution in [1.29, 1.82) is 5.41 Å². The Morgan fingerprint density at radius 1 is 1.20 bits per heavy atom. The summed E-state index contributed by atoms with van der Waals surface area (Å²) in [5.41, 5.74) is 6.21. The summed E-state index contributed by atoms with van der Waals surface area (Å²) in [4.78, 5) is 0. The zero-order valence-corrected chi connectivity index (χ0v) is 11.8. The van der Waals surface area contributed by atoms with Crippen LogP contribution < -0.4 is 10.5 Å². The number of halogens is 3. The number of hydrogen-bond donors (Lipinski definition) is 2. The molecule has 0 aliphatic rings. The third kappa shape index (κ3) is 3.62. The highest BCUT2D eigenvalue weighted by molar-refractivity contribution is 6.35. The third-order valence-corrected chi connectivity index (χ3v) is 3.09. The molecule has 0 saturated heterocycles. The maximum absolute atomic E-state index is 13.4. The molecule has 0 unspecified atom stereocenters. The molecular formula is C14H11Cl2FN2O. The first-order valence-corrected chi connectivity index (χ1v) is 6.43. The molecule has 0 bridgehead atoms. The molecule has 0 atom stereocenters. The summed E-state index contributed by atoms with van der Waals surface area (Å²) in [6.07, 6.45) is 0. The number of nitrogens with two attached hydrogens (primary N) is 1. The summed E-state index contributed by atoms with van der Waals surface area (Å²) < 4.78 is 18.9. The van der Waals surface area contributed by atoms with Crippen LogP contribution in [-0.2, 0) is 6.61 Å². The lowest BCUT2D eigenvalue weighted by atomic mass is 10.1. The molecule has 0 aliphatic heterocycles. The zero-order valence-electron chi connectivity index (χ0n) is 10.3. The van der Waals surface area contributed by atoms with Crippen LogP contribution in [0.5, 0.6) is 5.75 Å². The lowest BCUT2D eigenvalue weighted by Gasteiger charge is -2.09. The number of ether oxygens (including phenoxy) is 1. The minimum absolute atomic E-state index is 0.111. The van der Waals surface area contributed by atoms with Gasteiger partial charge in [-0.3, -0.25) is 5.41 Å². The van der Waals surface area contributed by atoms with Crippen molar-refractivity contribution in [2.24, 2.45) is 5.73 Å². The van der Waals surface area contributed by atoms with Crippen molar-refractivity contribution >= 4 is 29.0 Å². The van der Waals surface area contributed by atoms with Gasteiger partial charge < -0.3 is 10.5 Å². The van der Waals surface area contributed by atoms with Gasteiger partial charge in [0.1, 0.15) is 24.0 Å². The van der Waals surface area contributed by atoms with E-state index in [9.17, 15) is 4.39 Å². The Kier molecular flexibility index (Phi) is 4.47. The molecule has 2 rings (SSSR count). The fourth-order valence-electron chi connectivity index (χ4n) is 1.64. The van der Waals surface area contributed by atoms with Crippen LogP contribution in [0.25, 0.3) is 0 Å². The fraction of sp³-hybridized carbons (Fsp3) is 0.0714. The average Bonchev–Trinajstić information content (AvgIpc) is 2.37. The Morgan fingerprint density at radius 2 is 1.95 bits per heavy atom. The van der Waals surface area contributed by atoms with Crippen LogP contribution in [-0.4, -0.2) is 5.84 Å². The summed E-state index contributed by atoms with van der Waals surface area (Å²) >= 11 is 11.8. The Labute approximate surface area is 125 Å². The second kappa shape index (κ2) is 6.11. The Balaban J connectivity index is 2.16. The van der Waals surface area contributed by atoms with Gasteiger partial charge in [0.15, 0.2) is 0 Å². The van der Waals surface area contributed by atoms with Gasteiger partial charge in [0.2, 0.25) is 0 Å². The summed E-state index contributed by atoms with van der Waals surface area (Å²) in [5, 5.41) is 8.20. The van der Waals surface area contributed by atoms with Gasteiger partial charge in [-0.15, -0.1) is 0 Å². The van der Waals surface area contributed by atoms with Gasteiger partial charge in [-0.05, 0) is 42.0 Å². The molecule has 0 radical (unpaired) electrons. The highest BCUT2D eigenvalue weighted by Gasteiger charge is 2.06. The molecule has 104 valence electrons. The quantitative estimate of drug-likeness (QED) is 0.662. The predicted molar refractivity (Wildman–Crippen MR) is 78.2 cm³/mol. The van der Waals surface area contributed by atoms with Crippen LogP contribution in [0, 0.1) is 11.2 Å². The first-order chi connectivity index (χ1) is 9.45. The van der Waals surface area contributed by atoms with Crippen molar-refractivity contribution in [3.05, 3.63) is 63.4 Å². The summed E-state index contributed by atoms with van der Waals surface area (Å²) in [7, 11) is 0. The SMILES string of the molecule is N=C(N)c1cc(F)cc(COc2ccc(Cl)cc2Cl)c1. The smallest absolute Gasteiger partial charge is 0.138 e. The van der Waals surface area contributed by atoms with E-state index < -0.39 is 5.82 Å². The number of rotatable bonds is 4. The molecule has 0 aliphatic carbocycles. The molecule has 20 heavy (non-hydrogen) atoms. The number of amidine groups is 1. The van der Waals surface area contributed by atoms with E-state index in [1.54, 1.807) is 24.3 Å². The maximum Gasteiger partial charge on any atom is 0.138 e. The maximum atomic E-state index is 13.4. The summed E-state index contributed by atoms with van der Waals surface area (Å²) in [6.45, 7) is 0.111. The van der Waals surface area contributed by atoms with E-state index in [-0.39, 0.29) is 12.4 Å². The largest absolute Gasteiger partial charge is 0.487 e. The normalized spacial score (nSPS) is 10.3. The van der Waals surface area contributed by atoms with Crippen molar-refractivity contribution in [2.45, 2.75) is 6.61 Å². The molecule has 0 heterocycles. The first kappa shape index (κ1) is 14.6. The van der Waals surface area contributed by atoms with Crippen molar-refractivity contribution in [3.8, 4) is 5.75 Å². The lowest BCUT2D eigenvalue weighted by molar-refractivity contribution is 0.306. The van der Waals surface area contributed by atoms with E-state index in [4.69, 9.17) is 39.1 Å². The van der Waals surface area contributed by atoms with Gasteiger partial charge in [0.25, 0.3) is 0 Å². The zero-order chi connectivity index (χ0) is 14.7. The van der Waals surface area contributed by atoms with Gasteiger partial charge >= 0.3 is 0 Å². The van der Waals surface area contributed by atoms with Crippen LogP contribution in [0.4, 0.5) is 4.39 Å². The van der Waals surface area contributed by atoms with E-state index in [1.807, 2.05) is 0 Å². The molecule has 3 N–H and O–H groups in total. The average molecular weight is 313 g/mol. The molecule has 0 fully saturated rings. The van der Waals surface area contributed by atoms with Crippen molar-refractivity contribution < 1.29 is 9.13 Å². The van der Waals surface area contributed by atoms with Gasteiger partial charge in [-0.25, -0.2) is 4.39 Å². The highest BCUT2D eigenvalue weighted by atomic mass is 35.5. The molecule has 0 saturated carbocycles. The van der Waals surface area contributed by atoms with Crippen LogP contribution in [0.2, 0.25) is 10.0 Å². The van der Waals surface area contributed by atoms with E-state index >= 15 is 0 Å². The van der Waals surface area contributed by atoms with E-state index in [0.29, 0.717) is 26.9 Å². The van der Waals surface area contributed by atoms with E-state index in [0.717, 1.165) is 0 Å². The second-order valence-corrected chi connectivity index (χ2v) is 4.97. The monoisotopic (exact) mass is 312 g/mol. The number of hydrogen-bond acceptors (Lipinski definition) is 2. The summed E-state index contributed by atoms with van der Waals surface area (Å²) in [6, 6.07) is 8.95. The topological polar surface area (TPSA) is 59.1 Å². The van der Waals surface area contributed by atoms with Gasteiger partial charge in [-0.2, -0.15) is 0 Å². The Hall–Kier alpha value is -1.78. The third-order valence-electron chi connectivity index (χ3n) is 2.56. The number of nitrogen functional groups attached to an aromatic ring is 1. The van der Waals surface area contributed by atoms with E-state index in [1.165, 1.54) is 12.1 Å². The van der Waals surface area contributed by atoms with E-state index in [2.05, 4.69) is 0 Å².